The third-order valence-electron chi connectivity index (χ3n) is 9.72. The van der Waals surface area contributed by atoms with Crippen LogP contribution < -0.4 is 10.6 Å². The first-order valence-corrected chi connectivity index (χ1v) is 16.2. The number of carboxylic acids is 2. The number of carbonyl (C=O) groups excluding carboxylic acids is 2. The molecule has 0 saturated carbocycles. The SMILES string of the molecule is C=CC1=C(C)[C@@H](Cc2[nH]c(Cc3[nH]c(/C=C4\NC(=O)[C@@H]5C[SH+][C@]45CC)c(C)c3CCC(=O)O)c(CCC(=O)O)c2C)NC1=O. The summed E-state index contributed by atoms with van der Waals surface area (Å²) in [5.74, 6) is -1.02. The zero-order chi connectivity index (χ0) is 31.9. The molecule has 3 aliphatic rings. The molecule has 5 heterocycles. The van der Waals surface area contributed by atoms with Gasteiger partial charge >= 0.3 is 11.9 Å². The summed E-state index contributed by atoms with van der Waals surface area (Å²) in [7, 11) is 0. The van der Waals surface area contributed by atoms with Gasteiger partial charge in [-0.25, -0.2) is 0 Å². The molecule has 5 rings (SSSR count). The standard InChI is InChI=1S/C33H40N4O6S/c1-6-19-16(3)24(36-31(19)42)12-23-17(4)20(8-10-29(38)39)26(34-23)13-27-21(9-11-30(40)41)18(5)25(35-27)14-28-33(7-2)22(15-44-33)32(43)37-28/h6,14,22,24,34-35H,1,7-13,15H2,2-5H3,(H,36,42)(H,37,43)(H,38,39)(H,40,41)/p+1/b28-14-/t22-,24+,33-/m0/s1. The number of aliphatic carboxylic acids is 2. The minimum atomic E-state index is -0.889. The van der Waals surface area contributed by atoms with Crippen LogP contribution >= 0.6 is 0 Å². The Morgan fingerprint density at radius 3 is 2.18 bits per heavy atom. The van der Waals surface area contributed by atoms with Crippen LogP contribution in [0.4, 0.5) is 0 Å². The first kappa shape index (κ1) is 31.4. The summed E-state index contributed by atoms with van der Waals surface area (Å²) in [5, 5.41) is 25.1. The van der Waals surface area contributed by atoms with E-state index in [1.165, 1.54) is 11.8 Å². The van der Waals surface area contributed by atoms with Gasteiger partial charge in [0.1, 0.15) is 11.7 Å². The molecule has 0 spiro atoms. The van der Waals surface area contributed by atoms with Crippen LogP contribution in [-0.2, 0) is 56.6 Å². The van der Waals surface area contributed by atoms with E-state index in [-0.39, 0.29) is 41.4 Å². The van der Waals surface area contributed by atoms with Crippen molar-refractivity contribution in [3.05, 3.63) is 74.5 Å². The van der Waals surface area contributed by atoms with Crippen molar-refractivity contribution in [2.24, 2.45) is 5.92 Å². The molecule has 11 heteroatoms. The maximum Gasteiger partial charge on any atom is 0.303 e. The van der Waals surface area contributed by atoms with Gasteiger partial charge in [-0.2, -0.15) is 0 Å². The Labute approximate surface area is 260 Å². The highest BCUT2D eigenvalue weighted by Crippen LogP contribution is 2.47. The molecule has 0 radical (unpaired) electrons. The molecule has 44 heavy (non-hydrogen) atoms. The average molecular weight is 622 g/mol. The average Bonchev–Trinajstić information content (AvgIpc) is 3.55. The first-order chi connectivity index (χ1) is 20.9. The van der Waals surface area contributed by atoms with Gasteiger partial charge < -0.3 is 30.8 Å². The number of rotatable bonds is 13. The second kappa shape index (κ2) is 12.2. The molecule has 2 aromatic rings. The van der Waals surface area contributed by atoms with Crippen molar-refractivity contribution >= 4 is 41.6 Å². The number of fused-ring (bicyclic) bond motifs is 1. The minimum Gasteiger partial charge on any atom is -0.481 e. The lowest BCUT2D eigenvalue weighted by atomic mass is 9.89. The van der Waals surface area contributed by atoms with E-state index >= 15 is 0 Å². The molecule has 0 aliphatic carbocycles. The number of aromatic amines is 2. The summed E-state index contributed by atoms with van der Waals surface area (Å²) in [6.45, 7) is 11.7. The van der Waals surface area contributed by atoms with E-state index < -0.39 is 11.9 Å². The van der Waals surface area contributed by atoms with Gasteiger partial charge in [0.15, 0.2) is 4.75 Å². The Morgan fingerprint density at radius 2 is 1.64 bits per heavy atom. The Balaban J connectivity index is 1.52. The van der Waals surface area contributed by atoms with E-state index in [9.17, 15) is 29.4 Å². The predicted molar refractivity (Wildman–Crippen MR) is 171 cm³/mol. The number of thiol groups is 1. The molecule has 0 unspecified atom stereocenters. The number of H-pyrrole nitrogens is 2. The van der Waals surface area contributed by atoms with Gasteiger partial charge in [-0.1, -0.05) is 19.6 Å². The van der Waals surface area contributed by atoms with E-state index in [1.807, 2.05) is 26.8 Å². The highest BCUT2D eigenvalue weighted by molar-refractivity contribution is 7.82. The number of nitrogens with one attached hydrogen (secondary N) is 4. The highest BCUT2D eigenvalue weighted by Gasteiger charge is 2.65. The van der Waals surface area contributed by atoms with Crippen LogP contribution in [0.25, 0.3) is 6.08 Å². The molecular formula is C33H41N4O6S+. The third-order valence-corrected chi connectivity index (χ3v) is 11.7. The van der Waals surface area contributed by atoms with Crippen molar-refractivity contribution in [3.63, 3.8) is 0 Å². The van der Waals surface area contributed by atoms with Gasteiger partial charge in [0.05, 0.1) is 11.7 Å². The zero-order valence-electron chi connectivity index (χ0n) is 25.6. The Morgan fingerprint density at radius 1 is 1.00 bits per heavy atom. The van der Waals surface area contributed by atoms with Gasteiger partial charge in [0.2, 0.25) is 5.91 Å². The fourth-order valence-electron chi connectivity index (χ4n) is 6.98. The van der Waals surface area contributed by atoms with Crippen molar-refractivity contribution in [2.75, 3.05) is 5.75 Å². The molecule has 0 bridgehead atoms. The Hall–Kier alpha value is -3.99. The zero-order valence-corrected chi connectivity index (χ0v) is 26.5. The van der Waals surface area contributed by atoms with Crippen molar-refractivity contribution in [2.45, 2.75) is 83.4 Å². The molecule has 10 nitrogen and oxygen atoms in total. The lowest BCUT2D eigenvalue weighted by molar-refractivity contribution is -0.138. The van der Waals surface area contributed by atoms with Gasteiger partial charge in [0.25, 0.3) is 5.91 Å². The quantitative estimate of drug-likeness (QED) is 0.149. The van der Waals surface area contributed by atoms with Crippen molar-refractivity contribution in [3.8, 4) is 0 Å². The predicted octanol–water partition coefficient (Wildman–Crippen LogP) is 3.19. The third kappa shape index (κ3) is 5.53. The molecular weight excluding hydrogens is 580 g/mol. The Kier molecular flexibility index (Phi) is 8.71. The van der Waals surface area contributed by atoms with Gasteiger partial charge in [-0.3, -0.25) is 19.2 Å². The van der Waals surface area contributed by atoms with Crippen LogP contribution in [0.3, 0.4) is 0 Å². The lowest BCUT2D eigenvalue weighted by Crippen LogP contribution is -2.51. The van der Waals surface area contributed by atoms with Crippen LogP contribution in [0, 0.1) is 19.8 Å². The fourth-order valence-corrected chi connectivity index (χ4v) is 8.58. The molecule has 2 amide bonds. The summed E-state index contributed by atoms with van der Waals surface area (Å²) >= 11 is 1.23. The van der Waals surface area contributed by atoms with Crippen LogP contribution in [0.2, 0.25) is 0 Å². The molecule has 3 aliphatic heterocycles. The largest absolute Gasteiger partial charge is 0.481 e. The molecule has 6 N–H and O–H groups in total. The normalized spacial score (nSPS) is 23.5. The van der Waals surface area contributed by atoms with Crippen molar-refractivity contribution in [1.82, 2.24) is 20.6 Å². The summed E-state index contributed by atoms with van der Waals surface area (Å²) in [6.07, 6.45) is 5.99. The van der Waals surface area contributed by atoms with Crippen LogP contribution in [0.1, 0.15) is 78.1 Å². The lowest BCUT2D eigenvalue weighted by Gasteiger charge is -2.32. The van der Waals surface area contributed by atoms with E-state index in [1.54, 1.807) is 6.08 Å². The van der Waals surface area contributed by atoms with Crippen LogP contribution in [0.5, 0.6) is 0 Å². The number of aromatic nitrogens is 2. The second-order valence-electron chi connectivity index (χ2n) is 12.0. The second-order valence-corrected chi connectivity index (χ2v) is 13.5. The summed E-state index contributed by atoms with van der Waals surface area (Å²) < 4.78 is -0.195. The maximum atomic E-state index is 12.6. The van der Waals surface area contributed by atoms with Crippen LogP contribution in [-0.4, -0.2) is 60.5 Å². The monoisotopic (exact) mass is 621 g/mol. The summed E-state index contributed by atoms with van der Waals surface area (Å²) in [4.78, 5) is 55.3. The van der Waals surface area contributed by atoms with Crippen molar-refractivity contribution in [1.29, 1.82) is 0 Å². The number of amides is 2. The number of hydrogen-bond acceptors (Lipinski definition) is 4. The summed E-state index contributed by atoms with van der Waals surface area (Å²) in [5.41, 5.74) is 9.60. The van der Waals surface area contributed by atoms with E-state index in [0.717, 1.165) is 68.5 Å². The van der Waals surface area contributed by atoms with Crippen LogP contribution in [0.15, 0.2) is 29.5 Å². The maximum absolute atomic E-state index is 12.6. The molecule has 2 aromatic heterocycles. The van der Waals surface area contributed by atoms with Crippen molar-refractivity contribution < 1.29 is 29.4 Å². The number of hydrogen-bond donors (Lipinski definition) is 6. The van der Waals surface area contributed by atoms with E-state index in [2.05, 4.69) is 34.1 Å². The molecule has 3 atom stereocenters. The topological polar surface area (TPSA) is 164 Å². The number of carbonyl (C=O) groups is 4. The number of carboxylic acid groups (broad SMARTS) is 2. The summed E-state index contributed by atoms with van der Waals surface area (Å²) in [6, 6.07) is -0.202. The van der Waals surface area contributed by atoms with E-state index in [0.29, 0.717) is 31.3 Å². The first-order valence-electron chi connectivity index (χ1n) is 15.1. The van der Waals surface area contributed by atoms with Gasteiger partial charge in [-0.05, 0) is 79.3 Å². The fraction of sp³-hybridized carbons (Fsp3) is 0.455. The molecule has 234 valence electrons. The minimum absolute atomic E-state index is 0.00978. The molecule has 2 saturated heterocycles. The highest BCUT2D eigenvalue weighted by atomic mass is 32.2. The van der Waals surface area contributed by atoms with E-state index in [4.69, 9.17) is 0 Å². The van der Waals surface area contributed by atoms with Gasteiger partial charge in [-0.15, -0.1) is 0 Å². The Bertz CT molecular complexity index is 1620. The van der Waals surface area contributed by atoms with Gasteiger partial charge in [0, 0.05) is 60.5 Å². The molecule has 2 fully saturated rings. The molecule has 0 aromatic carbocycles. The smallest absolute Gasteiger partial charge is 0.303 e.